The number of hydrogen-bond donors (Lipinski definition) is 1. The molecular weight excluding hydrogens is 357 g/mol. The van der Waals surface area contributed by atoms with Crippen molar-refractivity contribution in [2.45, 2.75) is 39.5 Å². The highest BCUT2D eigenvalue weighted by atomic mass is 19.1. The molecule has 0 unspecified atom stereocenters. The minimum Gasteiger partial charge on any atom is -0.497 e. The van der Waals surface area contributed by atoms with Crippen LogP contribution in [0.15, 0.2) is 30.3 Å². The third kappa shape index (κ3) is 4.96. The highest BCUT2D eigenvalue weighted by molar-refractivity contribution is 5.59. The Morgan fingerprint density at radius 1 is 1.07 bits per heavy atom. The minimum atomic E-state index is -0.436. The van der Waals surface area contributed by atoms with Crippen LogP contribution in [-0.2, 0) is 17.6 Å². The lowest BCUT2D eigenvalue weighted by molar-refractivity contribution is 0.0699. The number of aryl methyl sites for hydroxylation is 1. The smallest absolute Gasteiger partial charge is 0.169 e. The zero-order valence-corrected chi connectivity index (χ0v) is 17.0. The number of nitrogens with one attached hydrogen (secondary N) is 1. The highest BCUT2D eigenvalue weighted by Crippen LogP contribution is 2.33. The molecule has 0 amide bonds. The molecule has 4 nitrogen and oxygen atoms in total. The summed E-state index contributed by atoms with van der Waals surface area (Å²) in [5, 5.41) is 3.62. The monoisotopic (exact) mass is 387 g/mol. The van der Waals surface area contributed by atoms with Gasteiger partial charge in [0.05, 0.1) is 7.11 Å². The topological polar surface area (TPSA) is 39.7 Å². The van der Waals surface area contributed by atoms with E-state index in [1.165, 1.54) is 24.3 Å². The summed E-state index contributed by atoms with van der Waals surface area (Å²) in [7, 11) is 1.52. The van der Waals surface area contributed by atoms with Crippen molar-refractivity contribution in [3.8, 4) is 17.2 Å². The molecule has 1 saturated heterocycles. The Hall–Kier alpha value is -2.27. The van der Waals surface area contributed by atoms with Crippen molar-refractivity contribution in [1.82, 2.24) is 0 Å². The Morgan fingerprint density at radius 2 is 1.86 bits per heavy atom. The molecule has 0 saturated carbocycles. The van der Waals surface area contributed by atoms with Crippen LogP contribution in [0.4, 0.5) is 10.1 Å². The summed E-state index contributed by atoms with van der Waals surface area (Å²) in [4.78, 5) is 0. The first-order chi connectivity index (χ1) is 13.6. The van der Waals surface area contributed by atoms with Crippen LogP contribution < -0.4 is 14.8 Å². The van der Waals surface area contributed by atoms with Gasteiger partial charge < -0.3 is 19.5 Å². The van der Waals surface area contributed by atoms with E-state index in [4.69, 9.17) is 14.2 Å². The van der Waals surface area contributed by atoms with Crippen molar-refractivity contribution in [3.63, 3.8) is 0 Å². The lowest BCUT2D eigenvalue weighted by Gasteiger charge is -2.24. The van der Waals surface area contributed by atoms with Gasteiger partial charge >= 0.3 is 0 Å². The highest BCUT2D eigenvalue weighted by Gasteiger charge is 2.16. The molecule has 1 aliphatic rings. The van der Waals surface area contributed by atoms with Crippen molar-refractivity contribution in [2.24, 2.45) is 5.92 Å². The van der Waals surface area contributed by atoms with Gasteiger partial charge in [0.2, 0.25) is 0 Å². The van der Waals surface area contributed by atoms with Crippen molar-refractivity contribution in [1.29, 1.82) is 0 Å². The van der Waals surface area contributed by atoms with Crippen LogP contribution in [0.3, 0.4) is 0 Å². The number of methoxy groups -OCH3 is 1. The summed E-state index contributed by atoms with van der Waals surface area (Å²) in [6.07, 6.45) is 4.01. The van der Waals surface area contributed by atoms with Crippen LogP contribution >= 0.6 is 0 Å². The fraction of sp³-hybridized carbons (Fsp3) is 0.478. The second kappa shape index (κ2) is 9.78. The first-order valence-electron chi connectivity index (χ1n) is 10.1. The molecule has 1 heterocycles. The molecule has 0 spiro atoms. The van der Waals surface area contributed by atoms with Crippen LogP contribution in [0.25, 0.3) is 0 Å². The fourth-order valence-electron chi connectivity index (χ4n) is 3.68. The second-order valence-corrected chi connectivity index (χ2v) is 7.15. The van der Waals surface area contributed by atoms with Gasteiger partial charge in [-0.25, -0.2) is 4.39 Å². The van der Waals surface area contributed by atoms with E-state index in [0.717, 1.165) is 51.1 Å². The molecule has 0 bridgehead atoms. The van der Waals surface area contributed by atoms with Crippen LogP contribution in [-0.4, -0.2) is 26.9 Å². The molecule has 2 aromatic rings. The Labute approximate surface area is 167 Å². The molecule has 152 valence electrons. The number of anilines is 1. The number of halogens is 1. The molecule has 28 heavy (non-hydrogen) atoms. The minimum absolute atomic E-state index is 0.197. The summed E-state index contributed by atoms with van der Waals surface area (Å²) in [5.41, 5.74) is 3.61. The van der Waals surface area contributed by atoms with E-state index in [1.807, 2.05) is 12.1 Å². The molecule has 1 fully saturated rings. The first-order valence-corrected chi connectivity index (χ1v) is 10.1. The lowest BCUT2D eigenvalue weighted by atomic mass is 9.98. The van der Waals surface area contributed by atoms with Gasteiger partial charge in [-0.3, -0.25) is 0 Å². The molecule has 3 rings (SSSR count). The van der Waals surface area contributed by atoms with Gasteiger partial charge in [0.1, 0.15) is 11.5 Å². The maximum atomic E-state index is 14.3. The van der Waals surface area contributed by atoms with Gasteiger partial charge in [-0.05, 0) is 60.9 Å². The molecule has 0 atom stereocenters. The van der Waals surface area contributed by atoms with E-state index in [1.54, 1.807) is 12.1 Å². The Morgan fingerprint density at radius 3 is 2.50 bits per heavy atom. The van der Waals surface area contributed by atoms with Gasteiger partial charge in [-0.15, -0.1) is 0 Å². The zero-order chi connectivity index (χ0) is 19.9. The van der Waals surface area contributed by atoms with Crippen LogP contribution in [0.5, 0.6) is 17.2 Å². The Kier molecular flexibility index (Phi) is 7.15. The predicted octanol–water partition coefficient (Wildman–Crippen LogP) is 5.59. The maximum absolute atomic E-state index is 14.3. The molecule has 1 aliphatic heterocycles. The van der Waals surface area contributed by atoms with Crippen LogP contribution in [0, 0.1) is 11.7 Å². The molecular formula is C23H30FNO3. The summed E-state index contributed by atoms with van der Waals surface area (Å²) in [5.74, 6) is 1.50. The average Bonchev–Trinajstić information content (AvgIpc) is 2.73. The number of rotatable bonds is 8. The van der Waals surface area contributed by atoms with Crippen molar-refractivity contribution >= 4 is 5.69 Å². The van der Waals surface area contributed by atoms with Crippen LogP contribution in [0.1, 0.15) is 37.8 Å². The fourth-order valence-corrected chi connectivity index (χ4v) is 3.68. The van der Waals surface area contributed by atoms with Gasteiger partial charge in [0.15, 0.2) is 11.6 Å². The predicted molar refractivity (Wildman–Crippen MR) is 110 cm³/mol. The van der Waals surface area contributed by atoms with Gasteiger partial charge in [0.25, 0.3) is 0 Å². The van der Waals surface area contributed by atoms with E-state index in [0.29, 0.717) is 17.4 Å². The largest absolute Gasteiger partial charge is 0.497 e. The summed E-state index contributed by atoms with van der Waals surface area (Å²) in [6, 6.07) is 8.64. The third-order valence-electron chi connectivity index (χ3n) is 5.34. The second-order valence-electron chi connectivity index (χ2n) is 7.15. The molecule has 1 N–H and O–H groups in total. The quantitative estimate of drug-likeness (QED) is 0.641. The summed E-state index contributed by atoms with van der Waals surface area (Å²) in [6.45, 7) is 6.90. The van der Waals surface area contributed by atoms with Crippen molar-refractivity contribution < 1.29 is 18.6 Å². The van der Waals surface area contributed by atoms with E-state index in [2.05, 4.69) is 19.2 Å². The summed E-state index contributed by atoms with van der Waals surface area (Å²) < 4.78 is 30.7. The normalized spacial score (nSPS) is 14.7. The first kappa shape index (κ1) is 20.5. The maximum Gasteiger partial charge on any atom is 0.169 e. The van der Waals surface area contributed by atoms with Crippen molar-refractivity contribution in [2.75, 3.05) is 32.2 Å². The van der Waals surface area contributed by atoms with Crippen LogP contribution in [0.2, 0.25) is 0 Å². The standard InChI is InChI=1S/C23H30FNO3/c1-4-17-12-19(28-23-7-6-18(26-3)13-21(23)24)14-22(20(17)5-2)25-15-16-8-10-27-11-9-16/h6-7,12-14,16,25H,4-5,8-11,15H2,1-3H3. The van der Waals surface area contributed by atoms with Crippen molar-refractivity contribution in [3.05, 3.63) is 47.3 Å². The summed E-state index contributed by atoms with van der Waals surface area (Å²) >= 11 is 0. The van der Waals surface area contributed by atoms with E-state index < -0.39 is 5.82 Å². The lowest BCUT2D eigenvalue weighted by Crippen LogP contribution is -2.23. The third-order valence-corrected chi connectivity index (χ3v) is 5.34. The van der Waals surface area contributed by atoms with Gasteiger partial charge in [0, 0.05) is 37.6 Å². The molecule has 2 aromatic carbocycles. The van der Waals surface area contributed by atoms with E-state index in [9.17, 15) is 4.39 Å². The number of benzene rings is 2. The average molecular weight is 387 g/mol. The number of hydrogen-bond acceptors (Lipinski definition) is 4. The van der Waals surface area contributed by atoms with E-state index in [-0.39, 0.29) is 5.75 Å². The van der Waals surface area contributed by atoms with Gasteiger partial charge in [-0.1, -0.05) is 13.8 Å². The Bertz CT molecular complexity index is 788. The SMILES string of the molecule is CCc1cc(Oc2ccc(OC)cc2F)cc(NCC2CCOCC2)c1CC. The number of ether oxygens (including phenoxy) is 3. The van der Waals surface area contributed by atoms with E-state index >= 15 is 0 Å². The van der Waals surface area contributed by atoms with Gasteiger partial charge in [-0.2, -0.15) is 0 Å². The zero-order valence-electron chi connectivity index (χ0n) is 17.0. The molecule has 0 radical (unpaired) electrons. The molecule has 0 aromatic heterocycles. The molecule has 0 aliphatic carbocycles. The Balaban J connectivity index is 1.82. The molecule has 5 heteroatoms.